The van der Waals surface area contributed by atoms with Crippen molar-refractivity contribution in [3.05, 3.63) is 36.0 Å². The number of carboxylic acid groups (broad SMARTS) is 1. The maximum atomic E-state index is 11.5. The molecule has 0 amide bonds. The van der Waals surface area contributed by atoms with Crippen molar-refractivity contribution in [2.24, 2.45) is 11.7 Å². The van der Waals surface area contributed by atoms with Gasteiger partial charge in [-0.05, 0) is 30.4 Å². The minimum absolute atomic E-state index is 0.112. The van der Waals surface area contributed by atoms with Crippen molar-refractivity contribution in [3.8, 4) is 0 Å². The van der Waals surface area contributed by atoms with Gasteiger partial charge in [0.1, 0.15) is 6.04 Å². The number of fused-ring (bicyclic) bond motifs is 1. The molecule has 1 saturated carbocycles. The zero-order valence-electron chi connectivity index (χ0n) is 12.1. The summed E-state index contributed by atoms with van der Waals surface area (Å²) in [5, 5.41) is 10.5. The van der Waals surface area contributed by atoms with Crippen LogP contribution in [0, 0.1) is 5.92 Å². The molecule has 0 aliphatic heterocycles. The molecule has 0 saturated heterocycles. The normalized spacial score (nSPS) is 19.5. The van der Waals surface area contributed by atoms with E-state index in [-0.39, 0.29) is 5.92 Å². The summed E-state index contributed by atoms with van der Waals surface area (Å²) in [5.74, 6) is -0.654. The van der Waals surface area contributed by atoms with Crippen molar-refractivity contribution in [3.63, 3.8) is 0 Å². The molecule has 0 radical (unpaired) electrons. The molecule has 3 rings (SSSR count). The van der Waals surface area contributed by atoms with E-state index in [0.29, 0.717) is 5.92 Å². The van der Waals surface area contributed by atoms with Crippen LogP contribution < -0.4 is 5.73 Å². The predicted octanol–water partition coefficient (Wildman–Crippen LogP) is 3.24. The highest BCUT2D eigenvalue weighted by molar-refractivity contribution is 5.85. The van der Waals surface area contributed by atoms with Crippen LogP contribution in [0.15, 0.2) is 30.5 Å². The van der Waals surface area contributed by atoms with Crippen LogP contribution in [0.1, 0.15) is 43.6 Å². The molecule has 1 fully saturated rings. The summed E-state index contributed by atoms with van der Waals surface area (Å²) in [5.41, 5.74) is 8.17. The Hall–Kier alpha value is -1.81. The van der Waals surface area contributed by atoms with E-state index >= 15 is 0 Å². The van der Waals surface area contributed by atoms with E-state index in [0.717, 1.165) is 29.3 Å². The smallest absolute Gasteiger partial charge is 0.321 e. The number of rotatable bonds is 4. The molecular weight excluding hydrogens is 264 g/mol. The molecule has 2 aromatic rings. The molecule has 4 nitrogen and oxygen atoms in total. The first-order chi connectivity index (χ1) is 10.2. The number of aromatic amines is 1. The molecule has 0 spiro atoms. The summed E-state index contributed by atoms with van der Waals surface area (Å²) < 4.78 is 0. The van der Waals surface area contributed by atoms with Gasteiger partial charge in [-0.2, -0.15) is 0 Å². The zero-order chi connectivity index (χ0) is 14.8. The van der Waals surface area contributed by atoms with Gasteiger partial charge in [0.25, 0.3) is 0 Å². The Morgan fingerprint density at radius 3 is 2.67 bits per heavy atom. The second-order valence-corrected chi connectivity index (χ2v) is 6.08. The van der Waals surface area contributed by atoms with Gasteiger partial charge >= 0.3 is 5.97 Å². The highest BCUT2D eigenvalue weighted by atomic mass is 16.4. The van der Waals surface area contributed by atoms with Gasteiger partial charge in [0.2, 0.25) is 0 Å². The van der Waals surface area contributed by atoms with Crippen LogP contribution in [0.4, 0.5) is 0 Å². The molecule has 1 heterocycles. The first kappa shape index (κ1) is 14.1. The third kappa shape index (κ3) is 2.68. The van der Waals surface area contributed by atoms with E-state index in [1.54, 1.807) is 0 Å². The number of nitrogens with one attached hydrogen (secondary N) is 1. The number of carbonyl (C=O) groups is 1. The Morgan fingerprint density at radius 1 is 1.24 bits per heavy atom. The lowest BCUT2D eigenvalue weighted by molar-refractivity contribution is -0.139. The van der Waals surface area contributed by atoms with Crippen molar-refractivity contribution in [2.45, 2.75) is 44.1 Å². The topological polar surface area (TPSA) is 79.1 Å². The van der Waals surface area contributed by atoms with Gasteiger partial charge in [0.05, 0.1) is 0 Å². The zero-order valence-corrected chi connectivity index (χ0v) is 12.1. The third-order valence-corrected chi connectivity index (χ3v) is 4.81. The third-order valence-electron chi connectivity index (χ3n) is 4.81. The van der Waals surface area contributed by atoms with Crippen molar-refractivity contribution >= 4 is 16.9 Å². The maximum Gasteiger partial charge on any atom is 0.321 e. The summed E-state index contributed by atoms with van der Waals surface area (Å²) in [6.07, 6.45) is 7.70. The fourth-order valence-corrected chi connectivity index (χ4v) is 3.76. The number of para-hydroxylation sites is 1. The van der Waals surface area contributed by atoms with Gasteiger partial charge in [0, 0.05) is 23.0 Å². The van der Waals surface area contributed by atoms with Crippen LogP contribution >= 0.6 is 0 Å². The van der Waals surface area contributed by atoms with Gasteiger partial charge < -0.3 is 15.8 Å². The molecule has 0 unspecified atom stereocenters. The Bertz CT molecular complexity index is 629. The highest BCUT2D eigenvalue weighted by Crippen LogP contribution is 2.40. The minimum atomic E-state index is -0.907. The number of carboxylic acids is 1. The lowest BCUT2D eigenvalue weighted by atomic mass is 9.73. The fourth-order valence-electron chi connectivity index (χ4n) is 3.76. The molecule has 4 heteroatoms. The average molecular weight is 286 g/mol. The Morgan fingerprint density at radius 2 is 1.95 bits per heavy atom. The van der Waals surface area contributed by atoms with Crippen LogP contribution in [-0.2, 0) is 4.79 Å². The quantitative estimate of drug-likeness (QED) is 0.807. The molecule has 2 atom stereocenters. The van der Waals surface area contributed by atoms with E-state index < -0.39 is 12.0 Å². The van der Waals surface area contributed by atoms with E-state index in [9.17, 15) is 9.90 Å². The van der Waals surface area contributed by atoms with E-state index in [4.69, 9.17) is 5.73 Å². The molecule has 21 heavy (non-hydrogen) atoms. The minimum Gasteiger partial charge on any atom is -0.480 e. The molecule has 0 bridgehead atoms. The lowest BCUT2D eigenvalue weighted by Gasteiger charge is -2.32. The number of aliphatic carboxylic acids is 1. The van der Waals surface area contributed by atoms with Crippen LogP contribution in [0.3, 0.4) is 0 Å². The van der Waals surface area contributed by atoms with Crippen molar-refractivity contribution in [1.82, 2.24) is 4.98 Å². The molecule has 1 aromatic carbocycles. The first-order valence-electron chi connectivity index (χ1n) is 7.73. The number of benzene rings is 1. The van der Waals surface area contributed by atoms with E-state index in [1.165, 1.54) is 19.3 Å². The summed E-state index contributed by atoms with van der Waals surface area (Å²) >= 11 is 0. The van der Waals surface area contributed by atoms with Gasteiger partial charge in [-0.25, -0.2) is 0 Å². The first-order valence-corrected chi connectivity index (χ1v) is 7.73. The van der Waals surface area contributed by atoms with Crippen LogP contribution in [0.5, 0.6) is 0 Å². The van der Waals surface area contributed by atoms with Crippen LogP contribution in [-0.4, -0.2) is 22.1 Å². The second-order valence-electron chi connectivity index (χ2n) is 6.08. The van der Waals surface area contributed by atoms with Crippen molar-refractivity contribution in [1.29, 1.82) is 0 Å². The fraction of sp³-hybridized carbons (Fsp3) is 0.471. The Kier molecular flexibility index (Phi) is 3.97. The monoisotopic (exact) mass is 286 g/mol. The number of hydrogen-bond donors (Lipinski definition) is 3. The number of hydrogen-bond acceptors (Lipinski definition) is 2. The molecule has 112 valence electrons. The molecule has 1 aromatic heterocycles. The van der Waals surface area contributed by atoms with Gasteiger partial charge in [0.15, 0.2) is 0 Å². The average Bonchev–Trinajstić information content (AvgIpc) is 2.93. The number of nitrogens with two attached hydrogens (primary N) is 1. The predicted molar refractivity (Wildman–Crippen MR) is 83.2 cm³/mol. The second kappa shape index (κ2) is 5.90. The SMILES string of the molecule is N[C@H](C(=O)O)[C@H](c1c[nH]c2ccccc12)C1CCCCC1. The molecule has 1 aliphatic carbocycles. The standard InChI is InChI=1S/C17H22N2O2/c18-16(17(20)21)15(11-6-2-1-3-7-11)13-10-19-14-9-5-4-8-12(13)14/h4-5,8-11,15-16,19H,1-3,6-7,18H2,(H,20,21)/t15-,16-/m0/s1. The van der Waals surface area contributed by atoms with Gasteiger partial charge in [-0.1, -0.05) is 37.5 Å². The van der Waals surface area contributed by atoms with E-state index in [1.807, 2.05) is 30.5 Å². The largest absolute Gasteiger partial charge is 0.480 e. The summed E-state index contributed by atoms with van der Waals surface area (Å²) in [7, 11) is 0. The Balaban J connectivity index is 2.03. The Labute approximate surface area is 124 Å². The molecular formula is C17H22N2O2. The highest BCUT2D eigenvalue weighted by Gasteiger charge is 2.35. The van der Waals surface area contributed by atoms with Gasteiger partial charge in [-0.15, -0.1) is 0 Å². The van der Waals surface area contributed by atoms with Gasteiger partial charge in [-0.3, -0.25) is 4.79 Å². The van der Waals surface area contributed by atoms with Crippen molar-refractivity contribution in [2.75, 3.05) is 0 Å². The summed E-state index contributed by atoms with van der Waals surface area (Å²) in [6, 6.07) is 7.20. The summed E-state index contributed by atoms with van der Waals surface area (Å²) in [6.45, 7) is 0. The van der Waals surface area contributed by atoms with Crippen LogP contribution in [0.2, 0.25) is 0 Å². The lowest BCUT2D eigenvalue weighted by Crippen LogP contribution is -2.40. The molecule has 1 aliphatic rings. The molecule has 4 N–H and O–H groups in total. The maximum absolute atomic E-state index is 11.5. The summed E-state index contributed by atoms with van der Waals surface area (Å²) in [4.78, 5) is 14.7. The van der Waals surface area contributed by atoms with E-state index in [2.05, 4.69) is 4.98 Å². The van der Waals surface area contributed by atoms with Crippen LogP contribution in [0.25, 0.3) is 10.9 Å². The number of H-pyrrole nitrogens is 1. The number of aromatic nitrogens is 1. The van der Waals surface area contributed by atoms with Crippen molar-refractivity contribution < 1.29 is 9.90 Å².